The first kappa shape index (κ1) is 11.9. The molecule has 17 heavy (non-hydrogen) atoms. The number of imide groups is 1. The van der Waals surface area contributed by atoms with Gasteiger partial charge in [0.1, 0.15) is 5.88 Å². The van der Waals surface area contributed by atoms with E-state index in [1.165, 1.54) is 0 Å². The Morgan fingerprint density at radius 3 is 2.88 bits per heavy atom. The normalized spacial score (nSPS) is 10.2. The maximum Gasteiger partial charge on any atom is 0.325 e. The molecule has 0 atom stereocenters. The van der Waals surface area contributed by atoms with Crippen LogP contribution < -0.4 is 10.6 Å². The SMILES string of the molecule is O=C(CCl)NC(=O)Nc1ccc2sccc2c1. The predicted octanol–water partition coefficient (Wildman–Crippen LogP) is 2.79. The Morgan fingerprint density at radius 2 is 2.12 bits per heavy atom. The molecule has 6 heteroatoms. The van der Waals surface area contributed by atoms with Crippen molar-refractivity contribution in [1.82, 2.24) is 5.32 Å². The first-order valence-electron chi connectivity index (χ1n) is 4.83. The van der Waals surface area contributed by atoms with E-state index in [0.717, 1.165) is 10.1 Å². The number of hydrogen-bond acceptors (Lipinski definition) is 3. The lowest BCUT2D eigenvalue weighted by molar-refractivity contribution is -0.117. The molecule has 0 saturated heterocycles. The summed E-state index contributed by atoms with van der Waals surface area (Å²) in [6.07, 6.45) is 0. The van der Waals surface area contributed by atoms with Crippen LogP contribution in [0.5, 0.6) is 0 Å². The van der Waals surface area contributed by atoms with Crippen molar-refractivity contribution in [2.75, 3.05) is 11.2 Å². The van der Waals surface area contributed by atoms with Gasteiger partial charge in [-0.1, -0.05) is 0 Å². The van der Waals surface area contributed by atoms with Crippen molar-refractivity contribution in [3.63, 3.8) is 0 Å². The maximum atomic E-state index is 11.4. The molecule has 0 aliphatic rings. The molecule has 2 rings (SSSR count). The molecule has 0 radical (unpaired) electrons. The number of carbonyl (C=O) groups is 2. The number of halogens is 1. The van der Waals surface area contributed by atoms with Crippen molar-refractivity contribution < 1.29 is 9.59 Å². The fourth-order valence-electron chi connectivity index (χ4n) is 1.37. The van der Waals surface area contributed by atoms with Crippen molar-refractivity contribution in [1.29, 1.82) is 0 Å². The molecular formula is C11H9ClN2O2S. The molecule has 1 heterocycles. The summed E-state index contributed by atoms with van der Waals surface area (Å²) in [5.74, 6) is -0.766. The zero-order valence-corrected chi connectivity index (χ0v) is 10.3. The molecule has 2 N–H and O–H groups in total. The maximum absolute atomic E-state index is 11.4. The van der Waals surface area contributed by atoms with Crippen LogP contribution in [0.1, 0.15) is 0 Å². The summed E-state index contributed by atoms with van der Waals surface area (Å²) in [7, 11) is 0. The van der Waals surface area contributed by atoms with Gasteiger partial charge in [0, 0.05) is 10.4 Å². The standard InChI is InChI=1S/C11H9ClN2O2S/c12-6-10(15)14-11(16)13-8-1-2-9-7(5-8)3-4-17-9/h1-5H,6H2,(H2,13,14,15,16). The first-order chi connectivity index (χ1) is 8.19. The average Bonchev–Trinajstić information content (AvgIpc) is 2.75. The highest BCUT2D eigenvalue weighted by Gasteiger charge is 2.06. The summed E-state index contributed by atoms with van der Waals surface area (Å²) < 4.78 is 1.15. The van der Waals surface area contributed by atoms with Gasteiger partial charge < -0.3 is 5.32 Å². The third-order valence-corrected chi connectivity index (χ3v) is 3.23. The van der Waals surface area contributed by atoms with Gasteiger partial charge in [-0.2, -0.15) is 0 Å². The highest BCUT2D eigenvalue weighted by molar-refractivity contribution is 7.17. The van der Waals surface area contributed by atoms with Crippen LogP contribution >= 0.6 is 22.9 Å². The van der Waals surface area contributed by atoms with Crippen LogP contribution in [-0.4, -0.2) is 17.8 Å². The number of anilines is 1. The third kappa shape index (κ3) is 2.95. The van der Waals surface area contributed by atoms with Crippen molar-refractivity contribution in [3.05, 3.63) is 29.6 Å². The Kier molecular flexibility index (Phi) is 3.61. The van der Waals surface area contributed by atoms with Crippen molar-refractivity contribution >= 4 is 50.6 Å². The van der Waals surface area contributed by atoms with Crippen LogP contribution in [0.4, 0.5) is 10.5 Å². The number of hydrogen-bond donors (Lipinski definition) is 2. The molecule has 88 valence electrons. The summed E-state index contributed by atoms with van der Waals surface area (Å²) in [5, 5.41) is 7.70. The van der Waals surface area contributed by atoms with E-state index in [-0.39, 0.29) is 5.88 Å². The molecule has 0 saturated carbocycles. The zero-order valence-electron chi connectivity index (χ0n) is 8.70. The molecule has 2 aromatic rings. The van der Waals surface area contributed by atoms with Gasteiger partial charge in [-0.05, 0) is 35.0 Å². The van der Waals surface area contributed by atoms with Crippen molar-refractivity contribution in [2.45, 2.75) is 0 Å². The highest BCUT2D eigenvalue weighted by Crippen LogP contribution is 2.23. The molecular weight excluding hydrogens is 260 g/mol. The van der Waals surface area contributed by atoms with Crippen molar-refractivity contribution in [2.24, 2.45) is 0 Å². The number of amides is 3. The van der Waals surface area contributed by atoms with Crippen LogP contribution in [0.25, 0.3) is 10.1 Å². The summed E-state index contributed by atoms with van der Waals surface area (Å²) in [5.41, 5.74) is 0.635. The minimum Gasteiger partial charge on any atom is -0.308 e. The summed E-state index contributed by atoms with van der Waals surface area (Å²) in [6.45, 7) is 0. The lowest BCUT2D eigenvalue weighted by Gasteiger charge is -2.05. The van der Waals surface area contributed by atoms with Crippen molar-refractivity contribution in [3.8, 4) is 0 Å². The van der Waals surface area contributed by atoms with Gasteiger partial charge in [0.2, 0.25) is 5.91 Å². The minimum atomic E-state index is -0.578. The van der Waals surface area contributed by atoms with E-state index >= 15 is 0 Å². The van der Waals surface area contributed by atoms with Crippen LogP contribution in [0, 0.1) is 0 Å². The second-order valence-corrected chi connectivity index (χ2v) is 4.52. The molecule has 0 fully saturated rings. The Bertz CT molecular complexity index is 567. The van der Waals surface area contributed by atoms with Gasteiger partial charge in [-0.25, -0.2) is 4.79 Å². The number of nitrogens with one attached hydrogen (secondary N) is 2. The predicted molar refractivity (Wildman–Crippen MR) is 69.7 cm³/mol. The van der Waals surface area contributed by atoms with Crippen LogP contribution in [-0.2, 0) is 4.79 Å². The fraction of sp³-hybridized carbons (Fsp3) is 0.0909. The number of carbonyl (C=O) groups excluding carboxylic acids is 2. The Balaban J connectivity index is 2.07. The van der Waals surface area contributed by atoms with Gasteiger partial charge in [0.25, 0.3) is 0 Å². The second-order valence-electron chi connectivity index (χ2n) is 3.31. The van der Waals surface area contributed by atoms with Crippen LogP contribution in [0.2, 0.25) is 0 Å². The van der Waals surface area contributed by atoms with Crippen LogP contribution in [0.3, 0.4) is 0 Å². The molecule has 0 bridgehead atoms. The van der Waals surface area contributed by atoms with E-state index in [2.05, 4.69) is 10.6 Å². The number of thiophene rings is 1. The van der Waals surface area contributed by atoms with Gasteiger partial charge in [-0.3, -0.25) is 10.1 Å². The van der Waals surface area contributed by atoms with Crippen LogP contribution in [0.15, 0.2) is 29.6 Å². The number of rotatable bonds is 2. The van der Waals surface area contributed by atoms with E-state index in [4.69, 9.17) is 11.6 Å². The molecule has 0 spiro atoms. The minimum absolute atomic E-state index is 0.239. The lowest BCUT2D eigenvalue weighted by atomic mass is 10.2. The summed E-state index contributed by atoms with van der Waals surface area (Å²) >= 11 is 6.90. The zero-order chi connectivity index (χ0) is 12.3. The Labute approximate surface area is 107 Å². The second kappa shape index (κ2) is 5.16. The molecule has 4 nitrogen and oxygen atoms in total. The Hall–Kier alpha value is -1.59. The number of fused-ring (bicyclic) bond motifs is 1. The number of urea groups is 1. The smallest absolute Gasteiger partial charge is 0.308 e. The van der Waals surface area contributed by atoms with Gasteiger partial charge >= 0.3 is 6.03 Å². The van der Waals surface area contributed by atoms with E-state index in [9.17, 15) is 9.59 Å². The van der Waals surface area contributed by atoms with Gasteiger partial charge in [0.15, 0.2) is 0 Å². The number of alkyl halides is 1. The molecule has 0 aliphatic carbocycles. The monoisotopic (exact) mass is 268 g/mol. The summed E-state index contributed by atoms with van der Waals surface area (Å²) in [6, 6.07) is 6.93. The Morgan fingerprint density at radius 1 is 1.29 bits per heavy atom. The quantitative estimate of drug-likeness (QED) is 0.823. The molecule has 0 aliphatic heterocycles. The van der Waals surface area contributed by atoms with E-state index in [0.29, 0.717) is 5.69 Å². The third-order valence-electron chi connectivity index (χ3n) is 2.08. The van der Waals surface area contributed by atoms with E-state index in [1.54, 1.807) is 17.4 Å². The van der Waals surface area contributed by atoms with E-state index < -0.39 is 11.9 Å². The number of benzene rings is 1. The molecule has 0 unspecified atom stereocenters. The molecule has 1 aromatic carbocycles. The largest absolute Gasteiger partial charge is 0.325 e. The molecule has 1 aromatic heterocycles. The summed E-state index contributed by atoms with van der Waals surface area (Å²) in [4.78, 5) is 22.2. The molecule has 3 amide bonds. The van der Waals surface area contributed by atoms with Gasteiger partial charge in [-0.15, -0.1) is 22.9 Å². The highest BCUT2D eigenvalue weighted by atomic mass is 35.5. The lowest BCUT2D eigenvalue weighted by Crippen LogP contribution is -2.35. The fourth-order valence-corrected chi connectivity index (χ4v) is 2.20. The first-order valence-corrected chi connectivity index (χ1v) is 6.24. The van der Waals surface area contributed by atoms with E-state index in [1.807, 2.05) is 23.6 Å². The average molecular weight is 269 g/mol. The van der Waals surface area contributed by atoms with Gasteiger partial charge in [0.05, 0.1) is 0 Å². The topological polar surface area (TPSA) is 58.2 Å².